The van der Waals surface area contributed by atoms with Gasteiger partial charge < -0.3 is 9.42 Å². The molecule has 0 amide bonds. The van der Waals surface area contributed by atoms with Crippen molar-refractivity contribution in [1.29, 1.82) is 0 Å². The van der Waals surface area contributed by atoms with E-state index in [-0.39, 0.29) is 17.6 Å². The lowest BCUT2D eigenvalue weighted by molar-refractivity contribution is -0.128. The molecule has 6 nitrogen and oxygen atoms in total. The fraction of sp³-hybridized carbons (Fsp3) is 0.412. The monoisotopic (exact) mass is 459 g/mol. The van der Waals surface area contributed by atoms with Crippen LogP contribution in [0.2, 0.25) is 0 Å². The van der Waals surface area contributed by atoms with E-state index in [0.29, 0.717) is 47.1 Å². The maximum absolute atomic E-state index is 13.8. The molecule has 1 aliphatic rings. The van der Waals surface area contributed by atoms with Gasteiger partial charge >= 0.3 is 6.18 Å². The average molecular weight is 460 g/mol. The van der Waals surface area contributed by atoms with Crippen molar-refractivity contribution in [2.75, 3.05) is 18.0 Å². The van der Waals surface area contributed by atoms with Crippen LogP contribution in [-0.2, 0) is 6.42 Å². The highest BCUT2D eigenvalue weighted by molar-refractivity contribution is 9.10. The lowest BCUT2D eigenvalue weighted by atomic mass is 9.96. The Hall–Kier alpha value is -2.30. The molecule has 1 fully saturated rings. The van der Waals surface area contributed by atoms with E-state index in [2.05, 4.69) is 36.0 Å². The van der Waals surface area contributed by atoms with Crippen LogP contribution in [0.5, 0.6) is 0 Å². The number of halogens is 5. The number of fused-ring (bicyclic) bond motifs is 1. The van der Waals surface area contributed by atoms with Gasteiger partial charge in [-0.15, -0.1) is 0 Å². The van der Waals surface area contributed by atoms with Crippen molar-refractivity contribution in [1.82, 2.24) is 20.1 Å². The zero-order valence-electron chi connectivity index (χ0n) is 14.4. The lowest BCUT2D eigenvalue weighted by Gasteiger charge is -2.31. The highest BCUT2D eigenvalue weighted by Gasteiger charge is 2.32. The Kier molecular flexibility index (Phi) is 4.94. The van der Waals surface area contributed by atoms with Crippen LogP contribution in [-0.4, -0.2) is 39.4 Å². The minimum Gasteiger partial charge on any atom is -0.356 e. The molecule has 0 unspecified atom stereocenters. The molecule has 0 spiro atoms. The summed E-state index contributed by atoms with van der Waals surface area (Å²) in [4.78, 5) is 14.4. The summed E-state index contributed by atoms with van der Waals surface area (Å²) in [5.41, 5.74) is 0.613. The van der Waals surface area contributed by atoms with E-state index in [1.165, 1.54) is 18.5 Å². The second-order valence-electron chi connectivity index (χ2n) is 6.58. The molecule has 4 rings (SSSR count). The van der Waals surface area contributed by atoms with Gasteiger partial charge in [-0.25, -0.2) is 14.4 Å². The Morgan fingerprint density at radius 2 is 1.93 bits per heavy atom. The first-order valence-corrected chi connectivity index (χ1v) is 9.33. The molecule has 0 saturated carbocycles. The molecule has 0 atom stereocenters. The predicted octanol–water partition coefficient (Wildman–Crippen LogP) is 4.40. The number of benzene rings is 1. The number of piperidine rings is 1. The summed E-state index contributed by atoms with van der Waals surface area (Å²) in [6, 6.07) is 2.74. The fourth-order valence-electron chi connectivity index (χ4n) is 3.35. The van der Waals surface area contributed by atoms with E-state index >= 15 is 0 Å². The third kappa shape index (κ3) is 3.94. The Morgan fingerprint density at radius 3 is 2.64 bits per heavy atom. The van der Waals surface area contributed by atoms with Gasteiger partial charge in [0.15, 0.2) is 5.82 Å². The minimum atomic E-state index is -4.37. The van der Waals surface area contributed by atoms with Gasteiger partial charge in [0.1, 0.15) is 24.4 Å². The van der Waals surface area contributed by atoms with Crippen LogP contribution in [0.3, 0.4) is 0 Å². The maximum Gasteiger partial charge on any atom is 0.396 e. The van der Waals surface area contributed by atoms with E-state index in [1.54, 1.807) is 0 Å². The van der Waals surface area contributed by atoms with Crippen molar-refractivity contribution >= 4 is 32.7 Å². The number of hydrogen-bond acceptors (Lipinski definition) is 6. The molecule has 1 aliphatic heterocycles. The van der Waals surface area contributed by atoms with Crippen LogP contribution in [0.4, 0.5) is 23.4 Å². The maximum atomic E-state index is 13.8. The van der Waals surface area contributed by atoms with E-state index in [1.807, 2.05) is 4.90 Å². The van der Waals surface area contributed by atoms with Gasteiger partial charge in [0.25, 0.3) is 0 Å². The molecule has 2 aromatic heterocycles. The highest BCUT2D eigenvalue weighted by atomic mass is 79.9. The quantitative estimate of drug-likeness (QED) is 0.540. The molecular formula is C17H14BrF4N5O. The summed E-state index contributed by atoms with van der Waals surface area (Å²) in [5, 5.41) is 4.02. The zero-order chi connectivity index (χ0) is 19.9. The second-order valence-corrected chi connectivity index (χ2v) is 7.44. The van der Waals surface area contributed by atoms with Crippen molar-refractivity contribution in [3.8, 4) is 0 Å². The number of hydrogen-bond donors (Lipinski definition) is 0. The van der Waals surface area contributed by atoms with E-state index < -0.39 is 18.4 Å². The molecule has 0 radical (unpaired) electrons. The largest absolute Gasteiger partial charge is 0.396 e. The van der Waals surface area contributed by atoms with Gasteiger partial charge in [0, 0.05) is 28.9 Å². The molecule has 148 valence electrons. The van der Waals surface area contributed by atoms with Crippen LogP contribution in [0.15, 0.2) is 27.5 Å². The molecule has 1 aromatic carbocycles. The van der Waals surface area contributed by atoms with E-state index in [9.17, 15) is 17.6 Å². The minimum absolute atomic E-state index is 0.123. The van der Waals surface area contributed by atoms with Crippen LogP contribution in [0.25, 0.3) is 10.9 Å². The van der Waals surface area contributed by atoms with Crippen molar-refractivity contribution in [2.45, 2.75) is 31.4 Å². The topological polar surface area (TPSA) is 67.9 Å². The normalized spacial score (nSPS) is 16.1. The van der Waals surface area contributed by atoms with Crippen LogP contribution in [0, 0.1) is 5.82 Å². The zero-order valence-corrected chi connectivity index (χ0v) is 16.0. The molecule has 0 aliphatic carbocycles. The number of alkyl halides is 3. The summed E-state index contributed by atoms with van der Waals surface area (Å²) in [7, 11) is 0. The molecule has 3 aromatic rings. The number of nitrogens with zero attached hydrogens (tertiary/aromatic N) is 5. The van der Waals surface area contributed by atoms with Crippen molar-refractivity contribution in [3.05, 3.63) is 40.5 Å². The van der Waals surface area contributed by atoms with Gasteiger partial charge in [0.05, 0.1) is 5.52 Å². The van der Waals surface area contributed by atoms with Gasteiger partial charge in [-0.1, -0.05) is 5.16 Å². The first-order chi connectivity index (χ1) is 13.3. The molecule has 1 saturated heterocycles. The molecular weight excluding hydrogens is 446 g/mol. The van der Waals surface area contributed by atoms with Crippen molar-refractivity contribution in [3.63, 3.8) is 0 Å². The van der Waals surface area contributed by atoms with Gasteiger partial charge in [-0.3, -0.25) is 0 Å². The van der Waals surface area contributed by atoms with E-state index in [0.717, 1.165) is 0 Å². The van der Waals surface area contributed by atoms with Gasteiger partial charge in [-0.05, 0) is 40.9 Å². The summed E-state index contributed by atoms with van der Waals surface area (Å²) < 4.78 is 56.8. The smallest absolute Gasteiger partial charge is 0.356 e. The van der Waals surface area contributed by atoms with E-state index in [4.69, 9.17) is 4.52 Å². The highest BCUT2D eigenvalue weighted by Crippen LogP contribution is 2.34. The van der Waals surface area contributed by atoms with Crippen LogP contribution >= 0.6 is 15.9 Å². The Balaban J connectivity index is 1.50. The van der Waals surface area contributed by atoms with Crippen LogP contribution < -0.4 is 4.90 Å². The summed E-state index contributed by atoms with van der Waals surface area (Å²) in [6.07, 6.45) is -2.94. The average Bonchev–Trinajstić information content (AvgIpc) is 3.08. The van der Waals surface area contributed by atoms with Crippen molar-refractivity contribution in [2.24, 2.45) is 0 Å². The molecule has 11 heteroatoms. The summed E-state index contributed by atoms with van der Waals surface area (Å²) >= 11 is 3.31. The second kappa shape index (κ2) is 7.26. The standard InChI is InChI=1S/C17H14BrF4N5O/c18-12-6-10(19)5-11-14(12)23-8-24-15(11)27-3-1-9(2-4-27)16-25-13(26-28-16)7-17(20,21)22/h5-6,8-9H,1-4,7H2. The van der Waals surface area contributed by atoms with Crippen molar-refractivity contribution < 1.29 is 22.1 Å². The molecule has 28 heavy (non-hydrogen) atoms. The van der Waals surface area contributed by atoms with Gasteiger partial charge in [0.2, 0.25) is 5.89 Å². The Bertz CT molecular complexity index is 1000. The number of anilines is 1. The summed E-state index contributed by atoms with van der Waals surface area (Å²) in [5.74, 6) is -0.0325. The first kappa shape index (κ1) is 19.0. The lowest BCUT2D eigenvalue weighted by Crippen LogP contribution is -2.33. The SMILES string of the molecule is Fc1cc(Br)c2ncnc(N3CCC(c4nc(CC(F)(F)F)no4)CC3)c2c1. The molecule has 0 bridgehead atoms. The Labute approximate surface area is 165 Å². The Morgan fingerprint density at radius 1 is 1.18 bits per heavy atom. The fourth-order valence-corrected chi connectivity index (χ4v) is 3.89. The number of aromatic nitrogens is 4. The van der Waals surface area contributed by atoms with Gasteiger partial charge in [-0.2, -0.15) is 18.2 Å². The number of rotatable bonds is 3. The molecule has 3 heterocycles. The summed E-state index contributed by atoms with van der Waals surface area (Å²) in [6.45, 7) is 1.14. The first-order valence-electron chi connectivity index (χ1n) is 8.54. The third-order valence-corrected chi connectivity index (χ3v) is 5.23. The third-order valence-electron chi connectivity index (χ3n) is 4.62. The molecule has 0 N–H and O–H groups in total. The van der Waals surface area contributed by atoms with Crippen LogP contribution in [0.1, 0.15) is 30.5 Å². The predicted molar refractivity (Wildman–Crippen MR) is 95.4 cm³/mol.